The molecule has 1 heteroatoms. The molecule has 0 nitrogen and oxygen atoms in total. The summed E-state index contributed by atoms with van der Waals surface area (Å²) in [4.78, 5) is 0. The molecule has 0 aliphatic carbocycles. The van der Waals surface area contributed by atoms with Crippen molar-refractivity contribution in [3.8, 4) is 10.0 Å². The van der Waals surface area contributed by atoms with Gasteiger partial charge >= 0.3 is 164 Å². The average Bonchev–Trinajstić information content (AvgIpc) is 3.18. The van der Waals surface area contributed by atoms with Crippen LogP contribution in [0.1, 0.15) is 0 Å². The van der Waals surface area contributed by atoms with Gasteiger partial charge in [-0.1, -0.05) is 0 Å². The summed E-state index contributed by atoms with van der Waals surface area (Å²) >= 11 is 0.386. The summed E-state index contributed by atoms with van der Waals surface area (Å²) in [5.41, 5.74) is 1.36. The van der Waals surface area contributed by atoms with Crippen LogP contribution < -0.4 is 0 Å². The molecule has 0 amide bonds. The zero-order chi connectivity index (χ0) is 17.8. The summed E-state index contributed by atoms with van der Waals surface area (Å²) in [6, 6.07) is 35.8. The Kier molecular flexibility index (Phi) is 3.28. The van der Waals surface area contributed by atoms with Crippen LogP contribution >= 0.6 is 0 Å². The van der Waals surface area contributed by atoms with Crippen LogP contribution in [-0.4, -0.2) is 14.5 Å². The van der Waals surface area contributed by atoms with E-state index >= 15 is 0 Å². The van der Waals surface area contributed by atoms with E-state index in [0.29, 0.717) is 14.5 Å². The second-order valence-corrected chi connectivity index (χ2v) is 9.27. The van der Waals surface area contributed by atoms with Crippen LogP contribution in [0.15, 0.2) is 97.1 Å². The maximum absolute atomic E-state index is 2.41. The molecule has 1 aromatic heterocycles. The Bertz CT molecular complexity index is 1400. The molecule has 5 aromatic carbocycles. The van der Waals surface area contributed by atoms with E-state index in [1.807, 2.05) is 0 Å². The first-order chi connectivity index (χ1) is 13.4. The van der Waals surface area contributed by atoms with Crippen LogP contribution in [0.4, 0.5) is 0 Å². The SMILES string of the molecule is c1ccc2[se]c(-c3ccc4c5ccccc5c5ccccc5c4c3)cc2c1. The van der Waals surface area contributed by atoms with Crippen LogP contribution in [0.3, 0.4) is 0 Å². The molecule has 126 valence electrons. The van der Waals surface area contributed by atoms with Crippen molar-refractivity contribution in [1.29, 1.82) is 0 Å². The second-order valence-electron chi connectivity index (χ2n) is 7.00. The first kappa shape index (κ1) is 15.2. The third-order valence-corrected chi connectivity index (χ3v) is 7.90. The van der Waals surface area contributed by atoms with E-state index in [9.17, 15) is 0 Å². The number of fused-ring (bicyclic) bond motifs is 7. The van der Waals surface area contributed by atoms with Crippen molar-refractivity contribution in [2.75, 3.05) is 0 Å². The van der Waals surface area contributed by atoms with Gasteiger partial charge in [-0.3, -0.25) is 0 Å². The van der Waals surface area contributed by atoms with Gasteiger partial charge in [-0.2, -0.15) is 0 Å². The van der Waals surface area contributed by atoms with Crippen LogP contribution in [0, 0.1) is 0 Å². The van der Waals surface area contributed by atoms with Gasteiger partial charge in [-0.25, -0.2) is 0 Å². The third-order valence-electron chi connectivity index (χ3n) is 5.45. The molecular formula is C26H16Se. The van der Waals surface area contributed by atoms with Gasteiger partial charge in [0.05, 0.1) is 0 Å². The molecule has 6 aromatic rings. The second kappa shape index (κ2) is 5.82. The molecule has 0 bridgehead atoms. The molecule has 0 saturated carbocycles. The number of hydrogen-bond acceptors (Lipinski definition) is 0. The minimum absolute atomic E-state index is 0.386. The molecule has 1 heterocycles. The number of hydrogen-bond donors (Lipinski definition) is 0. The third kappa shape index (κ3) is 2.29. The summed E-state index contributed by atoms with van der Waals surface area (Å²) in [6.07, 6.45) is 0. The Labute approximate surface area is 163 Å². The summed E-state index contributed by atoms with van der Waals surface area (Å²) < 4.78 is 2.96. The van der Waals surface area contributed by atoms with Crippen LogP contribution in [0.5, 0.6) is 0 Å². The molecule has 0 N–H and O–H groups in total. The van der Waals surface area contributed by atoms with Crippen molar-refractivity contribution < 1.29 is 0 Å². The number of rotatable bonds is 1. The van der Waals surface area contributed by atoms with Crippen molar-refractivity contribution in [3.63, 3.8) is 0 Å². The number of benzene rings is 5. The molecular weight excluding hydrogens is 391 g/mol. The summed E-state index contributed by atoms with van der Waals surface area (Å²) in [6.45, 7) is 0. The van der Waals surface area contributed by atoms with E-state index < -0.39 is 0 Å². The minimum atomic E-state index is 0.386. The maximum atomic E-state index is 2.41. The Morgan fingerprint density at radius 3 is 1.67 bits per heavy atom. The van der Waals surface area contributed by atoms with E-state index in [4.69, 9.17) is 0 Å². The van der Waals surface area contributed by atoms with Crippen molar-refractivity contribution >= 4 is 56.5 Å². The molecule has 0 spiro atoms. The fourth-order valence-electron chi connectivity index (χ4n) is 4.19. The quantitative estimate of drug-likeness (QED) is 0.203. The Balaban J connectivity index is 1.72. The molecule has 27 heavy (non-hydrogen) atoms. The van der Waals surface area contributed by atoms with Crippen LogP contribution in [0.2, 0.25) is 0 Å². The van der Waals surface area contributed by atoms with Crippen LogP contribution in [0.25, 0.3) is 52.0 Å². The fourth-order valence-corrected chi connectivity index (χ4v) is 6.41. The Hall–Kier alpha value is -2.86. The van der Waals surface area contributed by atoms with E-state index in [1.54, 1.807) is 0 Å². The normalized spacial score (nSPS) is 11.7. The summed E-state index contributed by atoms with van der Waals surface area (Å²) in [5, 5.41) is 9.45. The average molecular weight is 407 g/mol. The molecule has 0 saturated heterocycles. The van der Waals surface area contributed by atoms with Crippen molar-refractivity contribution in [2.45, 2.75) is 0 Å². The van der Waals surface area contributed by atoms with Gasteiger partial charge in [-0.15, -0.1) is 0 Å². The Morgan fingerprint density at radius 1 is 0.444 bits per heavy atom. The van der Waals surface area contributed by atoms with Gasteiger partial charge in [0.25, 0.3) is 0 Å². The van der Waals surface area contributed by atoms with E-state index in [0.717, 1.165) is 0 Å². The first-order valence-corrected chi connectivity index (χ1v) is 10.9. The summed E-state index contributed by atoms with van der Waals surface area (Å²) in [5.74, 6) is 0. The standard InChI is InChI=1S/C26H16Se/c1-6-12-25-17(7-1)16-26(27-25)18-13-14-23-21-10-3-2-8-19(21)20-9-4-5-11-22(20)24(23)15-18/h1-16H. The topological polar surface area (TPSA) is 0 Å². The zero-order valence-electron chi connectivity index (χ0n) is 14.6. The molecule has 0 atom stereocenters. The summed E-state index contributed by atoms with van der Waals surface area (Å²) in [7, 11) is 0. The molecule has 0 fully saturated rings. The molecule has 6 rings (SSSR count). The van der Waals surface area contributed by atoms with E-state index in [2.05, 4.69) is 97.1 Å². The van der Waals surface area contributed by atoms with Gasteiger partial charge in [0.2, 0.25) is 0 Å². The molecule has 0 radical (unpaired) electrons. The predicted octanol–water partition coefficient (Wildman–Crippen LogP) is 7.02. The first-order valence-electron chi connectivity index (χ1n) is 9.21. The van der Waals surface area contributed by atoms with Gasteiger partial charge < -0.3 is 0 Å². The van der Waals surface area contributed by atoms with E-state index in [1.165, 1.54) is 52.0 Å². The molecule has 0 aliphatic heterocycles. The van der Waals surface area contributed by atoms with Crippen LogP contribution in [-0.2, 0) is 0 Å². The van der Waals surface area contributed by atoms with Gasteiger partial charge in [0.1, 0.15) is 0 Å². The molecule has 0 unspecified atom stereocenters. The monoisotopic (exact) mass is 408 g/mol. The predicted molar refractivity (Wildman–Crippen MR) is 119 cm³/mol. The fraction of sp³-hybridized carbons (Fsp3) is 0. The van der Waals surface area contributed by atoms with Crippen molar-refractivity contribution in [3.05, 3.63) is 97.1 Å². The molecule has 0 aliphatic rings. The van der Waals surface area contributed by atoms with E-state index in [-0.39, 0.29) is 0 Å². The van der Waals surface area contributed by atoms with Gasteiger partial charge in [-0.05, 0) is 0 Å². The van der Waals surface area contributed by atoms with Crippen molar-refractivity contribution in [1.82, 2.24) is 0 Å². The van der Waals surface area contributed by atoms with Gasteiger partial charge in [0.15, 0.2) is 0 Å². The van der Waals surface area contributed by atoms with Crippen molar-refractivity contribution in [2.24, 2.45) is 0 Å². The van der Waals surface area contributed by atoms with Gasteiger partial charge in [0, 0.05) is 0 Å². The Morgan fingerprint density at radius 2 is 1.00 bits per heavy atom. The zero-order valence-corrected chi connectivity index (χ0v) is 16.4.